The standard InChI is InChI=1S/C11H18F3NO/c12-5-9-1-3-15(4-2-9)7-10(8-16)6-11(10,13)14/h9,16H,1-8H2. The fraction of sp³-hybridized carbons (Fsp3) is 1.00. The molecule has 0 spiro atoms. The highest BCUT2D eigenvalue weighted by molar-refractivity contribution is 5.11. The van der Waals surface area contributed by atoms with Crippen LogP contribution in [0.4, 0.5) is 13.2 Å². The fourth-order valence-electron chi connectivity index (χ4n) is 2.50. The van der Waals surface area contributed by atoms with E-state index in [0.717, 1.165) is 12.8 Å². The molecule has 2 aliphatic rings. The minimum atomic E-state index is -2.71. The molecule has 0 aromatic carbocycles. The molecule has 2 rings (SSSR count). The molecule has 1 aliphatic heterocycles. The van der Waals surface area contributed by atoms with Crippen molar-refractivity contribution in [2.45, 2.75) is 25.2 Å². The van der Waals surface area contributed by atoms with Gasteiger partial charge >= 0.3 is 0 Å². The lowest BCUT2D eigenvalue weighted by Gasteiger charge is -2.33. The van der Waals surface area contributed by atoms with Gasteiger partial charge in [0.2, 0.25) is 0 Å². The van der Waals surface area contributed by atoms with Crippen molar-refractivity contribution in [3.05, 3.63) is 0 Å². The van der Waals surface area contributed by atoms with Crippen LogP contribution in [0.1, 0.15) is 19.3 Å². The molecule has 0 aromatic rings. The van der Waals surface area contributed by atoms with Gasteiger partial charge < -0.3 is 10.0 Å². The topological polar surface area (TPSA) is 23.5 Å². The van der Waals surface area contributed by atoms with Crippen molar-refractivity contribution in [2.75, 3.05) is 32.9 Å². The van der Waals surface area contributed by atoms with Crippen molar-refractivity contribution in [3.8, 4) is 0 Å². The number of aliphatic hydroxyl groups excluding tert-OH is 1. The third kappa shape index (κ3) is 2.07. The Hall–Kier alpha value is -0.290. The fourth-order valence-corrected chi connectivity index (χ4v) is 2.50. The van der Waals surface area contributed by atoms with Crippen molar-refractivity contribution in [2.24, 2.45) is 11.3 Å². The van der Waals surface area contributed by atoms with E-state index in [4.69, 9.17) is 5.11 Å². The second kappa shape index (κ2) is 4.18. The van der Waals surface area contributed by atoms with Gasteiger partial charge in [0.25, 0.3) is 5.92 Å². The van der Waals surface area contributed by atoms with Crippen molar-refractivity contribution < 1.29 is 18.3 Å². The second-order valence-electron chi connectivity index (χ2n) is 5.19. The molecule has 1 saturated carbocycles. The summed E-state index contributed by atoms with van der Waals surface area (Å²) in [6.07, 6.45) is 1.27. The van der Waals surface area contributed by atoms with Crippen LogP contribution in [0.2, 0.25) is 0 Å². The number of likely N-dealkylation sites (tertiary alicyclic amines) is 1. The summed E-state index contributed by atoms with van der Waals surface area (Å²) in [5.41, 5.74) is -1.21. The first-order valence-corrected chi connectivity index (χ1v) is 5.80. The predicted molar refractivity (Wildman–Crippen MR) is 54.2 cm³/mol. The molecule has 1 N–H and O–H groups in total. The maximum Gasteiger partial charge on any atom is 0.258 e. The van der Waals surface area contributed by atoms with E-state index in [1.165, 1.54) is 0 Å². The Balaban J connectivity index is 1.83. The van der Waals surface area contributed by atoms with Gasteiger partial charge in [-0.1, -0.05) is 0 Å². The van der Waals surface area contributed by atoms with Gasteiger partial charge in [-0.2, -0.15) is 0 Å². The van der Waals surface area contributed by atoms with Crippen molar-refractivity contribution in [1.82, 2.24) is 4.90 Å². The maximum absolute atomic E-state index is 13.1. The molecule has 0 radical (unpaired) electrons. The highest BCUT2D eigenvalue weighted by atomic mass is 19.3. The number of halogens is 3. The summed E-state index contributed by atoms with van der Waals surface area (Å²) in [6, 6.07) is 0. The Morgan fingerprint density at radius 1 is 1.25 bits per heavy atom. The van der Waals surface area contributed by atoms with Crippen LogP contribution in [0.3, 0.4) is 0 Å². The second-order valence-corrected chi connectivity index (χ2v) is 5.19. The van der Waals surface area contributed by atoms with Gasteiger partial charge in [0.15, 0.2) is 0 Å². The number of rotatable bonds is 4. The highest BCUT2D eigenvalue weighted by Gasteiger charge is 2.70. The van der Waals surface area contributed by atoms with E-state index in [-0.39, 0.29) is 25.6 Å². The summed E-state index contributed by atoms with van der Waals surface area (Å²) < 4.78 is 38.6. The molecule has 94 valence electrons. The van der Waals surface area contributed by atoms with E-state index < -0.39 is 17.9 Å². The maximum atomic E-state index is 13.1. The lowest BCUT2D eigenvalue weighted by Crippen LogP contribution is -2.40. The summed E-state index contributed by atoms with van der Waals surface area (Å²) >= 11 is 0. The third-order valence-corrected chi connectivity index (χ3v) is 3.97. The number of aliphatic hydroxyl groups is 1. The molecule has 2 nitrogen and oxygen atoms in total. The van der Waals surface area contributed by atoms with Crippen molar-refractivity contribution in [1.29, 1.82) is 0 Å². The number of nitrogens with zero attached hydrogens (tertiary/aromatic N) is 1. The van der Waals surface area contributed by atoms with E-state index in [2.05, 4.69) is 0 Å². The van der Waals surface area contributed by atoms with E-state index in [0.29, 0.717) is 13.1 Å². The van der Waals surface area contributed by atoms with Gasteiger partial charge in [0.05, 0.1) is 18.7 Å². The normalized spacial score (nSPS) is 35.2. The molecule has 2 fully saturated rings. The molecular formula is C11H18F3NO. The first-order chi connectivity index (χ1) is 7.53. The summed E-state index contributed by atoms with van der Waals surface area (Å²) in [4.78, 5) is 1.93. The predicted octanol–water partition coefficient (Wildman–Crippen LogP) is 1.69. The summed E-state index contributed by atoms with van der Waals surface area (Å²) in [7, 11) is 0. The molecule has 16 heavy (non-hydrogen) atoms. The van der Waals surface area contributed by atoms with Crippen LogP contribution in [-0.4, -0.2) is 48.8 Å². The summed E-state index contributed by atoms with van der Waals surface area (Å²) in [6.45, 7) is 0.826. The summed E-state index contributed by atoms with van der Waals surface area (Å²) in [5.74, 6) is -2.61. The van der Waals surface area contributed by atoms with E-state index in [1.807, 2.05) is 4.90 Å². The molecule has 1 atom stereocenters. The molecule has 0 bridgehead atoms. The van der Waals surface area contributed by atoms with Gasteiger partial charge in [-0.15, -0.1) is 0 Å². The Morgan fingerprint density at radius 2 is 1.81 bits per heavy atom. The van der Waals surface area contributed by atoms with Gasteiger partial charge in [-0.05, 0) is 31.8 Å². The van der Waals surface area contributed by atoms with Gasteiger partial charge in [-0.3, -0.25) is 4.39 Å². The van der Waals surface area contributed by atoms with Gasteiger partial charge in [0, 0.05) is 13.0 Å². The Kier molecular flexibility index (Phi) is 3.18. The lowest BCUT2D eigenvalue weighted by molar-refractivity contribution is 0.0118. The van der Waals surface area contributed by atoms with Crippen LogP contribution in [-0.2, 0) is 0 Å². The Labute approximate surface area is 93.4 Å². The van der Waals surface area contributed by atoms with Crippen LogP contribution < -0.4 is 0 Å². The Morgan fingerprint density at radius 3 is 2.19 bits per heavy atom. The SMILES string of the molecule is OCC1(CN2CCC(CF)CC2)CC1(F)F. The highest BCUT2D eigenvalue weighted by Crippen LogP contribution is 2.60. The number of hydrogen-bond donors (Lipinski definition) is 1. The van der Waals surface area contributed by atoms with E-state index >= 15 is 0 Å². The monoisotopic (exact) mass is 237 g/mol. The number of piperidine rings is 1. The molecule has 0 aromatic heterocycles. The molecule has 1 heterocycles. The molecule has 1 aliphatic carbocycles. The number of hydrogen-bond acceptors (Lipinski definition) is 2. The zero-order valence-electron chi connectivity index (χ0n) is 9.26. The minimum absolute atomic E-state index is 0.0982. The van der Waals surface area contributed by atoms with Crippen LogP contribution in [0.15, 0.2) is 0 Å². The lowest BCUT2D eigenvalue weighted by atomic mass is 9.96. The molecule has 0 amide bonds. The molecule has 1 unspecified atom stereocenters. The van der Waals surface area contributed by atoms with Crippen LogP contribution in [0.5, 0.6) is 0 Å². The third-order valence-electron chi connectivity index (χ3n) is 3.97. The summed E-state index contributed by atoms with van der Waals surface area (Å²) in [5, 5.41) is 9.05. The van der Waals surface area contributed by atoms with Crippen molar-refractivity contribution >= 4 is 0 Å². The quantitative estimate of drug-likeness (QED) is 0.804. The smallest absolute Gasteiger partial charge is 0.258 e. The van der Waals surface area contributed by atoms with Crippen LogP contribution in [0.25, 0.3) is 0 Å². The molecule has 5 heteroatoms. The van der Waals surface area contributed by atoms with Crippen LogP contribution >= 0.6 is 0 Å². The van der Waals surface area contributed by atoms with Crippen LogP contribution in [0, 0.1) is 11.3 Å². The molecular weight excluding hydrogens is 219 g/mol. The average Bonchev–Trinajstić information content (AvgIpc) is 2.82. The zero-order valence-corrected chi connectivity index (χ0v) is 9.26. The average molecular weight is 237 g/mol. The number of alkyl halides is 3. The minimum Gasteiger partial charge on any atom is -0.396 e. The largest absolute Gasteiger partial charge is 0.396 e. The van der Waals surface area contributed by atoms with Gasteiger partial charge in [-0.25, -0.2) is 8.78 Å². The Bertz CT molecular complexity index is 254. The van der Waals surface area contributed by atoms with E-state index in [9.17, 15) is 13.2 Å². The molecule has 1 saturated heterocycles. The first kappa shape index (κ1) is 12.2. The zero-order chi connectivity index (χ0) is 11.8. The van der Waals surface area contributed by atoms with Crippen molar-refractivity contribution in [3.63, 3.8) is 0 Å². The van der Waals surface area contributed by atoms with E-state index in [1.54, 1.807) is 0 Å². The first-order valence-electron chi connectivity index (χ1n) is 5.80. The van der Waals surface area contributed by atoms with Gasteiger partial charge in [0.1, 0.15) is 0 Å².